The second-order valence-electron chi connectivity index (χ2n) is 4.29. The summed E-state index contributed by atoms with van der Waals surface area (Å²) in [6, 6.07) is 2.63. The van der Waals surface area contributed by atoms with Gasteiger partial charge >= 0.3 is 0 Å². The first-order valence-corrected chi connectivity index (χ1v) is 6.38. The Morgan fingerprint density at radius 1 is 1.21 bits per heavy atom. The molecule has 1 aromatic carbocycles. The van der Waals surface area contributed by atoms with E-state index in [9.17, 15) is 8.78 Å². The summed E-state index contributed by atoms with van der Waals surface area (Å²) in [5, 5.41) is 0.243. The van der Waals surface area contributed by atoms with Gasteiger partial charge in [-0.3, -0.25) is 0 Å². The van der Waals surface area contributed by atoms with Gasteiger partial charge in [-0.15, -0.1) is 0 Å². The van der Waals surface area contributed by atoms with Gasteiger partial charge in [0.15, 0.2) is 0 Å². The molecule has 100 valence electrons. The molecule has 0 aliphatic carbocycles. The molecule has 0 aliphatic heterocycles. The van der Waals surface area contributed by atoms with Crippen molar-refractivity contribution in [3.63, 3.8) is 0 Å². The monoisotopic (exact) mass is 282 g/mol. The van der Waals surface area contributed by atoms with Gasteiger partial charge in [0.05, 0.1) is 11.3 Å². The Kier molecular flexibility index (Phi) is 4.10. The van der Waals surface area contributed by atoms with Gasteiger partial charge in [-0.1, -0.05) is 31.0 Å². The second-order valence-corrected chi connectivity index (χ2v) is 4.65. The lowest BCUT2D eigenvalue weighted by molar-refractivity contribution is 0.582. The van der Waals surface area contributed by atoms with Crippen LogP contribution in [0.5, 0.6) is 0 Å². The van der Waals surface area contributed by atoms with Crippen LogP contribution in [0.4, 0.5) is 8.78 Å². The average molecular weight is 283 g/mol. The number of aryl methyl sites for hydroxylation is 1. The summed E-state index contributed by atoms with van der Waals surface area (Å²) in [7, 11) is 0. The van der Waals surface area contributed by atoms with Crippen molar-refractivity contribution < 1.29 is 8.78 Å². The van der Waals surface area contributed by atoms with Gasteiger partial charge in [-0.25, -0.2) is 18.7 Å². The minimum Gasteiger partial charge on any atom is -0.236 e. The van der Waals surface area contributed by atoms with Crippen molar-refractivity contribution in [3.8, 4) is 11.3 Å². The molecule has 0 bridgehead atoms. The zero-order valence-corrected chi connectivity index (χ0v) is 11.4. The van der Waals surface area contributed by atoms with E-state index in [-0.39, 0.29) is 16.4 Å². The van der Waals surface area contributed by atoms with Crippen LogP contribution >= 0.6 is 11.6 Å². The van der Waals surface area contributed by atoms with Gasteiger partial charge in [0.2, 0.25) is 0 Å². The van der Waals surface area contributed by atoms with Crippen molar-refractivity contribution in [2.75, 3.05) is 0 Å². The lowest BCUT2D eigenvalue weighted by atomic mass is 10.0. The maximum atomic E-state index is 14.2. The fourth-order valence-corrected chi connectivity index (χ4v) is 2.18. The Balaban J connectivity index is 2.72. The topological polar surface area (TPSA) is 25.8 Å². The molecule has 1 heterocycles. The Morgan fingerprint density at radius 2 is 1.95 bits per heavy atom. The van der Waals surface area contributed by atoms with E-state index in [1.807, 2.05) is 6.92 Å². The first-order valence-electron chi connectivity index (χ1n) is 6.00. The minimum atomic E-state index is -0.643. The van der Waals surface area contributed by atoms with E-state index in [2.05, 4.69) is 9.97 Å². The van der Waals surface area contributed by atoms with Crippen LogP contribution in [-0.2, 0) is 6.42 Å². The Morgan fingerprint density at radius 3 is 2.63 bits per heavy atom. The predicted molar refractivity (Wildman–Crippen MR) is 71.1 cm³/mol. The Labute approximate surface area is 115 Å². The molecule has 1 aromatic heterocycles. The lowest BCUT2D eigenvalue weighted by Gasteiger charge is -2.11. The maximum absolute atomic E-state index is 14.2. The largest absolute Gasteiger partial charge is 0.236 e. The van der Waals surface area contributed by atoms with E-state index in [1.165, 1.54) is 18.5 Å². The van der Waals surface area contributed by atoms with E-state index >= 15 is 0 Å². The second kappa shape index (κ2) is 5.61. The van der Waals surface area contributed by atoms with Gasteiger partial charge < -0.3 is 0 Å². The number of hydrogen-bond acceptors (Lipinski definition) is 2. The summed E-state index contributed by atoms with van der Waals surface area (Å²) < 4.78 is 28.1. The van der Waals surface area contributed by atoms with E-state index in [4.69, 9.17) is 11.6 Å². The molecule has 0 saturated carbocycles. The van der Waals surface area contributed by atoms with Crippen molar-refractivity contribution in [1.29, 1.82) is 0 Å². The van der Waals surface area contributed by atoms with E-state index in [1.54, 1.807) is 6.92 Å². The molecule has 2 rings (SSSR count). The average Bonchev–Trinajstić information content (AvgIpc) is 2.38. The minimum absolute atomic E-state index is 0.132. The third-order valence-electron chi connectivity index (χ3n) is 2.91. The van der Waals surface area contributed by atoms with Gasteiger partial charge in [-0.2, -0.15) is 0 Å². The van der Waals surface area contributed by atoms with Gasteiger partial charge in [-0.05, 0) is 25.0 Å². The zero-order chi connectivity index (χ0) is 14.0. The summed E-state index contributed by atoms with van der Waals surface area (Å²) in [4.78, 5) is 7.89. The third-order valence-corrected chi connectivity index (χ3v) is 3.24. The Bertz CT molecular complexity index is 615. The molecule has 0 saturated heterocycles. The standard InChI is InChI=1S/C14H13ClF2N2/c1-3-4-9-13(18-7-19-14(9)15)11-10(16)6-5-8(2)12(11)17/h5-7H,3-4H2,1-2H3. The van der Waals surface area contributed by atoms with Crippen molar-refractivity contribution in [2.24, 2.45) is 0 Å². The van der Waals surface area contributed by atoms with Gasteiger partial charge in [0.1, 0.15) is 23.1 Å². The predicted octanol–water partition coefficient (Wildman–Crippen LogP) is 4.34. The summed E-state index contributed by atoms with van der Waals surface area (Å²) in [5.41, 5.74) is 1.05. The summed E-state index contributed by atoms with van der Waals surface area (Å²) in [6.07, 6.45) is 2.58. The van der Waals surface area contributed by atoms with Crippen LogP contribution in [0.2, 0.25) is 5.15 Å². The SMILES string of the molecule is CCCc1c(Cl)ncnc1-c1c(F)ccc(C)c1F. The molecule has 0 spiro atoms. The third kappa shape index (κ3) is 2.59. The normalized spacial score (nSPS) is 10.8. The van der Waals surface area contributed by atoms with Crippen LogP contribution in [0.1, 0.15) is 24.5 Å². The number of nitrogens with zero attached hydrogens (tertiary/aromatic N) is 2. The molecule has 2 aromatic rings. The van der Waals surface area contributed by atoms with Gasteiger partial charge in [0, 0.05) is 5.56 Å². The summed E-state index contributed by atoms with van der Waals surface area (Å²) in [6.45, 7) is 3.54. The van der Waals surface area contributed by atoms with Crippen molar-refractivity contribution in [2.45, 2.75) is 26.7 Å². The number of hydrogen-bond donors (Lipinski definition) is 0. The van der Waals surface area contributed by atoms with E-state index < -0.39 is 11.6 Å². The number of benzene rings is 1. The van der Waals surface area contributed by atoms with Crippen molar-refractivity contribution in [3.05, 3.63) is 46.4 Å². The molecular weight excluding hydrogens is 270 g/mol. The summed E-state index contributed by atoms with van der Waals surface area (Å²) in [5.74, 6) is -1.25. The van der Waals surface area contributed by atoms with Crippen LogP contribution in [-0.4, -0.2) is 9.97 Å². The first kappa shape index (κ1) is 13.9. The highest BCUT2D eigenvalue weighted by Crippen LogP contribution is 2.31. The molecule has 0 fully saturated rings. The molecule has 0 amide bonds. The highest BCUT2D eigenvalue weighted by atomic mass is 35.5. The van der Waals surface area contributed by atoms with Crippen LogP contribution in [0.15, 0.2) is 18.5 Å². The molecule has 5 heteroatoms. The smallest absolute Gasteiger partial charge is 0.138 e. The van der Waals surface area contributed by atoms with E-state index in [0.29, 0.717) is 17.5 Å². The fraction of sp³-hybridized carbons (Fsp3) is 0.286. The molecule has 0 radical (unpaired) electrons. The molecule has 0 atom stereocenters. The number of aromatic nitrogens is 2. The first-order chi connectivity index (χ1) is 9.06. The fourth-order valence-electron chi connectivity index (χ4n) is 1.95. The van der Waals surface area contributed by atoms with Crippen molar-refractivity contribution in [1.82, 2.24) is 9.97 Å². The van der Waals surface area contributed by atoms with Crippen LogP contribution in [0.25, 0.3) is 11.3 Å². The van der Waals surface area contributed by atoms with Crippen LogP contribution < -0.4 is 0 Å². The highest BCUT2D eigenvalue weighted by molar-refractivity contribution is 6.30. The molecule has 0 N–H and O–H groups in total. The van der Waals surface area contributed by atoms with Crippen LogP contribution in [0.3, 0.4) is 0 Å². The van der Waals surface area contributed by atoms with Crippen molar-refractivity contribution >= 4 is 11.6 Å². The zero-order valence-electron chi connectivity index (χ0n) is 10.7. The van der Waals surface area contributed by atoms with E-state index in [0.717, 1.165) is 6.42 Å². The summed E-state index contributed by atoms with van der Waals surface area (Å²) >= 11 is 6.01. The number of rotatable bonds is 3. The molecular formula is C14H13ClF2N2. The molecule has 19 heavy (non-hydrogen) atoms. The number of halogens is 3. The van der Waals surface area contributed by atoms with Gasteiger partial charge in [0.25, 0.3) is 0 Å². The maximum Gasteiger partial charge on any atom is 0.138 e. The molecule has 0 unspecified atom stereocenters. The molecule has 2 nitrogen and oxygen atoms in total. The lowest BCUT2D eigenvalue weighted by Crippen LogP contribution is -2.01. The van der Waals surface area contributed by atoms with Crippen LogP contribution in [0, 0.1) is 18.6 Å². The highest BCUT2D eigenvalue weighted by Gasteiger charge is 2.19. The Hall–Kier alpha value is -1.55. The quantitative estimate of drug-likeness (QED) is 0.783. The molecule has 0 aliphatic rings.